The van der Waals surface area contributed by atoms with Crippen molar-refractivity contribution in [3.8, 4) is 0 Å². The predicted octanol–water partition coefficient (Wildman–Crippen LogP) is 0.937. The van der Waals surface area contributed by atoms with E-state index in [1.165, 1.54) is 0 Å². The Labute approximate surface area is 53.4 Å². The zero-order valence-electron chi connectivity index (χ0n) is 4.92. The molecule has 0 saturated heterocycles. The molecule has 0 aromatic rings. The number of carboxylic acids is 1. The molecule has 0 aromatic carbocycles. The smallest absolute Gasteiger partial charge is 0.331 e. The van der Waals surface area contributed by atoms with Crippen molar-refractivity contribution in [3.63, 3.8) is 0 Å². The van der Waals surface area contributed by atoms with E-state index in [0.717, 1.165) is 0 Å². The minimum Gasteiger partial charge on any atom is -0.478 e. The summed E-state index contributed by atoms with van der Waals surface area (Å²) in [5.74, 6) is -1.02. The second-order valence-electron chi connectivity index (χ2n) is 1.54. The van der Waals surface area contributed by atoms with E-state index in [1.54, 1.807) is 0 Å². The van der Waals surface area contributed by atoms with Crippen molar-refractivity contribution < 1.29 is 9.90 Å². The highest BCUT2D eigenvalue weighted by atomic mass is 16.4. The Kier molecular flexibility index (Phi) is 3.14. The number of carbonyl (C=O) groups is 1. The SMILES string of the molecule is [C-]#[N+]CCC(=C)C(=O)O. The van der Waals surface area contributed by atoms with Crippen LogP contribution in [0, 0.1) is 6.57 Å². The van der Waals surface area contributed by atoms with Crippen LogP contribution in [-0.2, 0) is 4.79 Å². The molecule has 0 saturated carbocycles. The van der Waals surface area contributed by atoms with E-state index in [1.807, 2.05) is 0 Å². The Morgan fingerprint density at radius 1 is 1.78 bits per heavy atom. The van der Waals surface area contributed by atoms with Crippen molar-refractivity contribution in [3.05, 3.63) is 23.6 Å². The van der Waals surface area contributed by atoms with Crippen LogP contribution in [0.15, 0.2) is 12.2 Å². The fourth-order valence-corrected chi connectivity index (χ4v) is 0.298. The molecule has 3 nitrogen and oxygen atoms in total. The summed E-state index contributed by atoms with van der Waals surface area (Å²) >= 11 is 0. The lowest BCUT2D eigenvalue weighted by Gasteiger charge is -1.89. The molecule has 0 unspecified atom stereocenters. The molecule has 0 radical (unpaired) electrons. The van der Waals surface area contributed by atoms with Gasteiger partial charge in [-0.2, -0.15) is 0 Å². The predicted molar refractivity (Wildman–Crippen MR) is 32.9 cm³/mol. The van der Waals surface area contributed by atoms with Gasteiger partial charge in [0.25, 0.3) is 0 Å². The molecule has 0 amide bonds. The van der Waals surface area contributed by atoms with Gasteiger partial charge >= 0.3 is 5.97 Å². The molecule has 48 valence electrons. The van der Waals surface area contributed by atoms with Gasteiger partial charge in [-0.1, -0.05) is 6.58 Å². The lowest BCUT2D eigenvalue weighted by molar-refractivity contribution is -0.132. The Morgan fingerprint density at radius 2 is 2.33 bits per heavy atom. The number of hydrogen-bond acceptors (Lipinski definition) is 1. The normalized spacial score (nSPS) is 7.89. The fourth-order valence-electron chi connectivity index (χ4n) is 0.298. The summed E-state index contributed by atoms with van der Waals surface area (Å²) in [4.78, 5) is 13.0. The van der Waals surface area contributed by atoms with Crippen LogP contribution in [0.4, 0.5) is 0 Å². The van der Waals surface area contributed by atoms with Crippen molar-refractivity contribution in [2.45, 2.75) is 6.42 Å². The molecule has 0 bridgehead atoms. The number of rotatable bonds is 3. The second kappa shape index (κ2) is 3.67. The Balaban J connectivity index is 3.55. The largest absolute Gasteiger partial charge is 0.478 e. The monoisotopic (exact) mass is 125 g/mol. The zero-order chi connectivity index (χ0) is 7.28. The average Bonchev–Trinajstić information content (AvgIpc) is 1.82. The van der Waals surface area contributed by atoms with Crippen LogP contribution in [-0.4, -0.2) is 17.6 Å². The Hall–Kier alpha value is -1.30. The van der Waals surface area contributed by atoms with Crippen molar-refractivity contribution >= 4 is 5.97 Å². The summed E-state index contributed by atoms with van der Waals surface area (Å²) < 4.78 is 0. The molecule has 0 aliphatic heterocycles. The number of hydrogen-bond donors (Lipinski definition) is 1. The van der Waals surface area contributed by atoms with Crippen molar-refractivity contribution in [2.75, 3.05) is 6.54 Å². The standard InChI is InChI=1S/C6H7NO2/c1-5(6(8)9)3-4-7-2/h1,3-4H2,(H,8,9). The third-order valence-electron chi connectivity index (χ3n) is 0.828. The highest BCUT2D eigenvalue weighted by Crippen LogP contribution is 1.96. The van der Waals surface area contributed by atoms with Gasteiger partial charge in [0, 0.05) is 5.57 Å². The Morgan fingerprint density at radius 3 is 2.67 bits per heavy atom. The van der Waals surface area contributed by atoms with E-state index in [-0.39, 0.29) is 18.5 Å². The van der Waals surface area contributed by atoms with Gasteiger partial charge < -0.3 is 9.95 Å². The highest BCUT2D eigenvalue weighted by Gasteiger charge is 2.03. The first-order valence-electron chi connectivity index (χ1n) is 2.42. The molecule has 0 rings (SSSR count). The maximum absolute atomic E-state index is 10.0. The molecule has 1 N–H and O–H groups in total. The van der Waals surface area contributed by atoms with Gasteiger partial charge in [0.2, 0.25) is 6.54 Å². The maximum atomic E-state index is 10.0. The molecule has 0 heterocycles. The van der Waals surface area contributed by atoms with E-state index >= 15 is 0 Å². The van der Waals surface area contributed by atoms with Crippen LogP contribution in [0.25, 0.3) is 4.85 Å². The van der Waals surface area contributed by atoms with Gasteiger partial charge in [0.15, 0.2) is 0 Å². The number of aliphatic carboxylic acids is 1. The van der Waals surface area contributed by atoms with E-state index in [4.69, 9.17) is 11.7 Å². The Bertz CT molecular complexity index is 166. The van der Waals surface area contributed by atoms with Gasteiger partial charge in [-0.15, -0.1) is 0 Å². The van der Waals surface area contributed by atoms with Crippen LogP contribution in [0.5, 0.6) is 0 Å². The second-order valence-corrected chi connectivity index (χ2v) is 1.54. The lowest BCUT2D eigenvalue weighted by Crippen LogP contribution is -1.99. The van der Waals surface area contributed by atoms with Crippen molar-refractivity contribution in [2.24, 2.45) is 0 Å². The first-order chi connectivity index (χ1) is 4.18. The third kappa shape index (κ3) is 3.30. The molecular formula is C6H7NO2. The van der Waals surface area contributed by atoms with Gasteiger partial charge in [-0.05, 0) is 0 Å². The quantitative estimate of drug-likeness (QED) is 0.450. The molecule has 3 heteroatoms. The molecule has 0 aromatic heterocycles. The van der Waals surface area contributed by atoms with Crippen LogP contribution < -0.4 is 0 Å². The number of carboxylic acid groups (broad SMARTS) is 1. The van der Waals surface area contributed by atoms with E-state index in [2.05, 4.69) is 11.4 Å². The van der Waals surface area contributed by atoms with Crippen LogP contribution in [0.1, 0.15) is 6.42 Å². The maximum Gasteiger partial charge on any atom is 0.331 e. The van der Waals surface area contributed by atoms with Gasteiger partial charge in [-0.3, -0.25) is 0 Å². The highest BCUT2D eigenvalue weighted by molar-refractivity contribution is 5.85. The molecule has 0 aliphatic rings. The first-order valence-corrected chi connectivity index (χ1v) is 2.42. The molecular weight excluding hydrogens is 118 g/mol. The van der Waals surface area contributed by atoms with Crippen LogP contribution >= 0.6 is 0 Å². The van der Waals surface area contributed by atoms with Gasteiger partial charge in [-0.25, -0.2) is 11.4 Å². The zero-order valence-corrected chi connectivity index (χ0v) is 4.92. The topological polar surface area (TPSA) is 41.7 Å². The summed E-state index contributed by atoms with van der Waals surface area (Å²) in [5, 5.41) is 8.21. The first kappa shape index (κ1) is 7.70. The summed E-state index contributed by atoms with van der Waals surface area (Å²) in [6.07, 6.45) is 0.263. The third-order valence-corrected chi connectivity index (χ3v) is 0.828. The van der Waals surface area contributed by atoms with E-state index in [9.17, 15) is 4.79 Å². The van der Waals surface area contributed by atoms with Crippen LogP contribution in [0.3, 0.4) is 0 Å². The molecule has 0 aliphatic carbocycles. The lowest BCUT2D eigenvalue weighted by atomic mass is 10.2. The minimum atomic E-state index is -1.02. The molecule has 0 spiro atoms. The van der Waals surface area contributed by atoms with Crippen molar-refractivity contribution in [1.29, 1.82) is 0 Å². The van der Waals surface area contributed by atoms with Gasteiger partial charge in [0.1, 0.15) is 0 Å². The van der Waals surface area contributed by atoms with Gasteiger partial charge in [0.05, 0.1) is 6.42 Å². The summed E-state index contributed by atoms with van der Waals surface area (Å²) in [7, 11) is 0. The summed E-state index contributed by atoms with van der Waals surface area (Å²) in [6.45, 7) is 9.79. The molecule has 0 atom stereocenters. The molecule has 0 fully saturated rings. The molecule has 9 heavy (non-hydrogen) atoms. The van der Waals surface area contributed by atoms with Crippen LogP contribution in [0.2, 0.25) is 0 Å². The summed E-state index contributed by atoms with van der Waals surface area (Å²) in [5.41, 5.74) is 0.103. The minimum absolute atomic E-state index is 0.103. The van der Waals surface area contributed by atoms with E-state index in [0.29, 0.717) is 0 Å². The summed E-state index contributed by atoms with van der Waals surface area (Å²) in [6, 6.07) is 0. The van der Waals surface area contributed by atoms with Crippen molar-refractivity contribution in [1.82, 2.24) is 0 Å². The van der Waals surface area contributed by atoms with E-state index < -0.39 is 5.97 Å². The average molecular weight is 125 g/mol. The number of nitrogens with zero attached hydrogens (tertiary/aromatic N) is 1. The fraction of sp³-hybridized carbons (Fsp3) is 0.333.